The van der Waals surface area contributed by atoms with E-state index in [0.29, 0.717) is 0 Å². The lowest BCUT2D eigenvalue weighted by atomic mass is 9.75. The molecule has 0 aromatic rings. The number of nitrogens with one attached hydrogen (secondary N) is 1. The predicted octanol–water partition coefficient (Wildman–Crippen LogP) is 1.80. The van der Waals surface area contributed by atoms with E-state index in [1.807, 2.05) is 7.05 Å². The second kappa shape index (κ2) is 4.82. The Morgan fingerprint density at radius 3 is 2.43 bits per heavy atom. The van der Waals surface area contributed by atoms with Crippen molar-refractivity contribution in [3.8, 4) is 12.3 Å². The Kier molecular flexibility index (Phi) is 3.97. The molecular formula is C12H21NO. The average Bonchev–Trinajstić information content (AvgIpc) is 2.23. The lowest BCUT2D eigenvalue weighted by Crippen LogP contribution is -2.52. The van der Waals surface area contributed by atoms with Crippen molar-refractivity contribution in [3.63, 3.8) is 0 Å². The van der Waals surface area contributed by atoms with Gasteiger partial charge < -0.3 is 10.1 Å². The molecule has 0 heterocycles. The SMILES string of the molecule is C#CC(NC)C1(OC)CCC(C)CC1. The smallest absolute Gasteiger partial charge is 0.0978 e. The maximum atomic E-state index is 5.67. The zero-order valence-electron chi connectivity index (χ0n) is 9.47. The van der Waals surface area contributed by atoms with E-state index in [1.165, 1.54) is 12.8 Å². The van der Waals surface area contributed by atoms with Crippen LogP contribution in [0.1, 0.15) is 32.6 Å². The summed E-state index contributed by atoms with van der Waals surface area (Å²) in [6.07, 6.45) is 10.1. The van der Waals surface area contributed by atoms with Gasteiger partial charge in [-0.1, -0.05) is 12.8 Å². The summed E-state index contributed by atoms with van der Waals surface area (Å²) in [6.45, 7) is 2.30. The van der Waals surface area contributed by atoms with E-state index < -0.39 is 0 Å². The Morgan fingerprint density at radius 2 is 2.07 bits per heavy atom. The molecular weight excluding hydrogens is 174 g/mol. The molecule has 1 N–H and O–H groups in total. The molecule has 1 aliphatic carbocycles. The van der Waals surface area contributed by atoms with Crippen LogP contribution in [0.2, 0.25) is 0 Å². The molecule has 0 aliphatic heterocycles. The molecule has 0 aromatic carbocycles. The van der Waals surface area contributed by atoms with Crippen LogP contribution in [0.15, 0.2) is 0 Å². The largest absolute Gasteiger partial charge is 0.376 e. The zero-order valence-corrected chi connectivity index (χ0v) is 9.47. The summed E-state index contributed by atoms with van der Waals surface area (Å²) in [6, 6.07) is 0.0417. The first-order valence-corrected chi connectivity index (χ1v) is 5.37. The van der Waals surface area contributed by atoms with E-state index in [4.69, 9.17) is 11.2 Å². The minimum absolute atomic E-state index is 0.0417. The van der Waals surface area contributed by atoms with Gasteiger partial charge in [0.15, 0.2) is 0 Å². The van der Waals surface area contributed by atoms with Gasteiger partial charge in [-0.3, -0.25) is 0 Å². The quantitative estimate of drug-likeness (QED) is 0.693. The Labute approximate surface area is 87.4 Å². The molecule has 0 aromatic heterocycles. The van der Waals surface area contributed by atoms with Crippen LogP contribution in [0.5, 0.6) is 0 Å². The third-order valence-corrected chi connectivity index (χ3v) is 3.51. The van der Waals surface area contributed by atoms with E-state index in [1.54, 1.807) is 7.11 Å². The molecule has 1 aliphatic rings. The molecule has 1 saturated carbocycles. The fraction of sp³-hybridized carbons (Fsp3) is 0.833. The van der Waals surface area contributed by atoms with Gasteiger partial charge >= 0.3 is 0 Å². The van der Waals surface area contributed by atoms with E-state index >= 15 is 0 Å². The molecule has 0 radical (unpaired) electrons. The van der Waals surface area contributed by atoms with Gasteiger partial charge in [0.2, 0.25) is 0 Å². The van der Waals surface area contributed by atoms with Crippen molar-refractivity contribution in [1.29, 1.82) is 0 Å². The Hall–Kier alpha value is -0.520. The first-order valence-electron chi connectivity index (χ1n) is 5.37. The highest BCUT2D eigenvalue weighted by Gasteiger charge is 2.40. The molecule has 1 unspecified atom stereocenters. The van der Waals surface area contributed by atoms with Crippen molar-refractivity contribution in [2.75, 3.05) is 14.2 Å². The number of hydrogen-bond acceptors (Lipinski definition) is 2. The third-order valence-electron chi connectivity index (χ3n) is 3.51. The number of terminal acetylenes is 1. The number of hydrogen-bond donors (Lipinski definition) is 1. The second-order valence-electron chi connectivity index (χ2n) is 4.34. The molecule has 1 atom stereocenters. The molecule has 0 saturated heterocycles. The van der Waals surface area contributed by atoms with Crippen LogP contribution >= 0.6 is 0 Å². The second-order valence-corrected chi connectivity index (χ2v) is 4.34. The van der Waals surface area contributed by atoms with Gasteiger partial charge in [0, 0.05) is 7.11 Å². The van der Waals surface area contributed by atoms with Gasteiger partial charge in [0.1, 0.15) is 0 Å². The standard InChI is InChI=1S/C12H21NO/c1-5-11(13-3)12(14-4)8-6-10(2)7-9-12/h1,10-11,13H,6-9H2,2-4H3. The maximum absolute atomic E-state index is 5.67. The molecule has 2 nitrogen and oxygen atoms in total. The molecule has 2 heteroatoms. The molecule has 0 spiro atoms. The van der Waals surface area contributed by atoms with Crippen molar-refractivity contribution in [2.45, 2.75) is 44.2 Å². The van der Waals surface area contributed by atoms with Gasteiger partial charge in [0.25, 0.3) is 0 Å². The van der Waals surface area contributed by atoms with E-state index in [-0.39, 0.29) is 11.6 Å². The molecule has 80 valence electrons. The van der Waals surface area contributed by atoms with Crippen molar-refractivity contribution >= 4 is 0 Å². The summed E-state index contributed by atoms with van der Waals surface area (Å²) >= 11 is 0. The predicted molar refractivity (Wildman–Crippen MR) is 59.1 cm³/mol. The molecule has 0 amide bonds. The van der Waals surface area contributed by atoms with Gasteiger partial charge in [-0.25, -0.2) is 0 Å². The monoisotopic (exact) mass is 195 g/mol. The highest BCUT2D eigenvalue weighted by atomic mass is 16.5. The fourth-order valence-electron chi connectivity index (χ4n) is 2.36. The average molecular weight is 195 g/mol. The van der Waals surface area contributed by atoms with Gasteiger partial charge in [-0.05, 0) is 38.6 Å². The van der Waals surface area contributed by atoms with Crippen LogP contribution in [0.3, 0.4) is 0 Å². The summed E-state index contributed by atoms with van der Waals surface area (Å²) in [7, 11) is 3.68. The summed E-state index contributed by atoms with van der Waals surface area (Å²) in [5, 5.41) is 3.17. The van der Waals surface area contributed by atoms with E-state index in [9.17, 15) is 0 Å². The number of likely N-dealkylation sites (N-methyl/N-ethyl adjacent to an activating group) is 1. The summed E-state index contributed by atoms with van der Waals surface area (Å²) in [5.41, 5.74) is -0.129. The zero-order chi connectivity index (χ0) is 10.6. The Balaban J connectivity index is 2.72. The normalized spacial score (nSPS) is 34.9. The van der Waals surface area contributed by atoms with Crippen LogP contribution < -0.4 is 5.32 Å². The van der Waals surface area contributed by atoms with Crippen LogP contribution in [0.25, 0.3) is 0 Å². The summed E-state index contributed by atoms with van der Waals surface area (Å²) in [4.78, 5) is 0. The van der Waals surface area contributed by atoms with Crippen molar-refractivity contribution in [2.24, 2.45) is 5.92 Å². The van der Waals surface area contributed by atoms with Gasteiger partial charge in [-0.2, -0.15) is 0 Å². The highest BCUT2D eigenvalue weighted by molar-refractivity contribution is 5.11. The van der Waals surface area contributed by atoms with E-state index in [0.717, 1.165) is 18.8 Å². The highest BCUT2D eigenvalue weighted by Crippen LogP contribution is 2.36. The lowest BCUT2D eigenvalue weighted by Gasteiger charge is -2.41. The number of methoxy groups -OCH3 is 1. The number of ether oxygens (including phenoxy) is 1. The van der Waals surface area contributed by atoms with Crippen LogP contribution in [-0.4, -0.2) is 25.8 Å². The minimum Gasteiger partial charge on any atom is -0.376 e. The third kappa shape index (κ3) is 2.10. The molecule has 0 bridgehead atoms. The Bertz CT molecular complexity index is 211. The maximum Gasteiger partial charge on any atom is 0.0978 e. The number of rotatable bonds is 3. The van der Waals surface area contributed by atoms with Crippen molar-refractivity contribution in [3.05, 3.63) is 0 Å². The summed E-state index contributed by atoms with van der Waals surface area (Å²) in [5.74, 6) is 3.61. The Morgan fingerprint density at radius 1 is 1.50 bits per heavy atom. The minimum atomic E-state index is -0.129. The van der Waals surface area contributed by atoms with Crippen molar-refractivity contribution in [1.82, 2.24) is 5.32 Å². The van der Waals surface area contributed by atoms with Gasteiger partial charge in [-0.15, -0.1) is 6.42 Å². The first kappa shape index (κ1) is 11.6. The fourth-order valence-corrected chi connectivity index (χ4v) is 2.36. The lowest BCUT2D eigenvalue weighted by molar-refractivity contribution is -0.0601. The van der Waals surface area contributed by atoms with Crippen LogP contribution in [0.4, 0.5) is 0 Å². The van der Waals surface area contributed by atoms with E-state index in [2.05, 4.69) is 18.2 Å². The summed E-state index contributed by atoms with van der Waals surface area (Å²) < 4.78 is 5.67. The molecule has 1 fully saturated rings. The van der Waals surface area contributed by atoms with Crippen LogP contribution in [-0.2, 0) is 4.74 Å². The van der Waals surface area contributed by atoms with Crippen molar-refractivity contribution < 1.29 is 4.74 Å². The topological polar surface area (TPSA) is 21.3 Å². The molecule has 1 rings (SSSR count). The van der Waals surface area contributed by atoms with Gasteiger partial charge in [0.05, 0.1) is 11.6 Å². The first-order chi connectivity index (χ1) is 6.68. The molecule has 14 heavy (non-hydrogen) atoms. The van der Waals surface area contributed by atoms with Crippen LogP contribution in [0, 0.1) is 18.3 Å².